The molecule has 0 saturated carbocycles. The zero-order valence-corrected chi connectivity index (χ0v) is 18.5. The molecule has 2 aliphatic heterocycles. The molecule has 0 spiro atoms. The number of hydrogen-bond donors (Lipinski definition) is 2. The summed E-state index contributed by atoms with van der Waals surface area (Å²) >= 11 is 1.63. The Hall–Kier alpha value is -3.13. The Labute approximate surface area is 190 Å². The second kappa shape index (κ2) is 9.16. The van der Waals surface area contributed by atoms with Gasteiger partial charge in [-0.25, -0.2) is 9.97 Å². The minimum absolute atomic E-state index is 0.0402. The van der Waals surface area contributed by atoms with Gasteiger partial charge in [0.15, 0.2) is 11.5 Å². The van der Waals surface area contributed by atoms with Crippen molar-refractivity contribution >= 4 is 23.1 Å². The Balaban J connectivity index is 1.25. The lowest BCUT2D eigenvalue weighted by Crippen LogP contribution is -2.14. The number of ether oxygens (including phenoxy) is 2. The minimum atomic E-state index is -0.824. The summed E-state index contributed by atoms with van der Waals surface area (Å²) in [6.07, 6.45) is 4.52. The standard InChI is InChI=1S/C24H25N3O4S/c28-23(29)12-17(16-4-7-20-21(11-16)31-14-30-20)10-19-13-32-22(26-19)8-6-18-5-3-15-2-1-9-25-24(15)27-18/h3-5,7,11,13,17H,1-2,6,8-10,12,14H2,(H,25,27)(H,28,29)/t17-/m0/s1. The molecule has 0 radical (unpaired) electrons. The molecule has 3 aromatic rings. The van der Waals surface area contributed by atoms with Gasteiger partial charge in [0.05, 0.1) is 17.1 Å². The van der Waals surface area contributed by atoms with Crippen LogP contribution < -0.4 is 14.8 Å². The predicted molar refractivity (Wildman–Crippen MR) is 122 cm³/mol. The lowest BCUT2D eigenvalue weighted by molar-refractivity contribution is -0.137. The van der Waals surface area contributed by atoms with E-state index in [4.69, 9.17) is 19.4 Å². The van der Waals surface area contributed by atoms with Crippen LogP contribution in [0.25, 0.3) is 0 Å². The third-order valence-electron chi connectivity index (χ3n) is 5.89. The number of carboxylic acids is 1. The first-order valence-electron chi connectivity index (χ1n) is 10.9. The number of hydrogen-bond acceptors (Lipinski definition) is 7. The molecule has 0 saturated heterocycles. The normalized spacial score (nSPS) is 15.1. The predicted octanol–water partition coefficient (Wildman–Crippen LogP) is 4.21. The quantitative estimate of drug-likeness (QED) is 0.530. The largest absolute Gasteiger partial charge is 0.481 e. The van der Waals surface area contributed by atoms with E-state index in [0.717, 1.165) is 60.0 Å². The van der Waals surface area contributed by atoms with E-state index in [1.54, 1.807) is 11.3 Å². The van der Waals surface area contributed by atoms with Crippen LogP contribution in [-0.4, -0.2) is 34.4 Å². The molecule has 7 nitrogen and oxygen atoms in total. The van der Waals surface area contributed by atoms with Crippen LogP contribution in [-0.2, 0) is 30.5 Å². The number of aliphatic carboxylic acids is 1. The Bertz CT molecular complexity index is 1130. The number of aromatic nitrogens is 2. The third-order valence-corrected chi connectivity index (χ3v) is 6.85. The summed E-state index contributed by atoms with van der Waals surface area (Å²) in [5, 5.41) is 15.9. The SMILES string of the molecule is O=C(O)C[C@H](Cc1csc(CCc2ccc3c(n2)NCCC3)n1)c1ccc2c(c1)OCO2. The summed E-state index contributed by atoms with van der Waals surface area (Å²) in [5.74, 6) is 1.39. The molecule has 4 heterocycles. The van der Waals surface area contributed by atoms with E-state index in [-0.39, 0.29) is 19.1 Å². The fraction of sp³-hybridized carbons (Fsp3) is 0.375. The van der Waals surface area contributed by atoms with Crippen LogP contribution in [0.3, 0.4) is 0 Å². The number of fused-ring (bicyclic) bond motifs is 2. The zero-order chi connectivity index (χ0) is 21.9. The maximum Gasteiger partial charge on any atom is 0.303 e. The van der Waals surface area contributed by atoms with Gasteiger partial charge in [-0.3, -0.25) is 4.79 Å². The van der Waals surface area contributed by atoms with Gasteiger partial charge in [-0.2, -0.15) is 0 Å². The van der Waals surface area contributed by atoms with E-state index < -0.39 is 5.97 Å². The molecule has 0 fully saturated rings. The number of pyridine rings is 1. The number of anilines is 1. The maximum absolute atomic E-state index is 11.5. The van der Waals surface area contributed by atoms with E-state index >= 15 is 0 Å². The van der Waals surface area contributed by atoms with E-state index in [1.807, 2.05) is 23.6 Å². The molecular formula is C24H25N3O4S. The van der Waals surface area contributed by atoms with E-state index in [1.165, 1.54) is 5.56 Å². The van der Waals surface area contributed by atoms with Gasteiger partial charge in [-0.1, -0.05) is 12.1 Å². The molecule has 0 aliphatic carbocycles. The van der Waals surface area contributed by atoms with Crippen molar-refractivity contribution in [3.8, 4) is 11.5 Å². The number of carbonyl (C=O) groups is 1. The van der Waals surface area contributed by atoms with Crippen LogP contribution in [0.5, 0.6) is 11.5 Å². The van der Waals surface area contributed by atoms with Gasteiger partial charge < -0.3 is 19.9 Å². The van der Waals surface area contributed by atoms with Crippen LogP contribution in [0.2, 0.25) is 0 Å². The number of nitrogens with one attached hydrogen (secondary N) is 1. The van der Waals surface area contributed by atoms with Crippen molar-refractivity contribution in [2.45, 2.75) is 44.4 Å². The Morgan fingerprint density at radius 2 is 2.03 bits per heavy atom. The molecule has 0 amide bonds. The molecule has 1 atom stereocenters. The van der Waals surface area contributed by atoms with Gasteiger partial charge in [0, 0.05) is 30.0 Å². The topological polar surface area (TPSA) is 93.6 Å². The lowest BCUT2D eigenvalue weighted by Gasteiger charge is -2.17. The average Bonchev–Trinajstić information content (AvgIpc) is 3.45. The fourth-order valence-electron chi connectivity index (χ4n) is 4.24. The third kappa shape index (κ3) is 4.70. The molecule has 1 aromatic carbocycles. The first kappa shape index (κ1) is 20.8. The molecule has 8 heteroatoms. The van der Waals surface area contributed by atoms with E-state index in [9.17, 15) is 9.90 Å². The Kier molecular flexibility index (Phi) is 5.94. The molecule has 32 heavy (non-hydrogen) atoms. The summed E-state index contributed by atoms with van der Waals surface area (Å²) in [5.41, 5.74) is 4.22. The smallest absolute Gasteiger partial charge is 0.303 e. The maximum atomic E-state index is 11.5. The van der Waals surface area contributed by atoms with Crippen LogP contribution in [0.15, 0.2) is 35.7 Å². The van der Waals surface area contributed by atoms with Gasteiger partial charge in [-0.05, 0) is 55.0 Å². The number of carboxylic acid groups (broad SMARTS) is 1. The average molecular weight is 452 g/mol. The molecule has 166 valence electrons. The highest BCUT2D eigenvalue weighted by Crippen LogP contribution is 2.36. The van der Waals surface area contributed by atoms with Crippen molar-refractivity contribution in [1.82, 2.24) is 9.97 Å². The summed E-state index contributed by atoms with van der Waals surface area (Å²) in [6.45, 7) is 1.19. The van der Waals surface area contributed by atoms with Gasteiger partial charge in [0.1, 0.15) is 5.82 Å². The van der Waals surface area contributed by atoms with Crippen molar-refractivity contribution in [3.05, 3.63) is 63.2 Å². The summed E-state index contributed by atoms with van der Waals surface area (Å²) in [4.78, 5) is 21.0. The molecule has 2 aliphatic rings. The van der Waals surface area contributed by atoms with Crippen LogP contribution in [0.4, 0.5) is 5.82 Å². The second-order valence-electron chi connectivity index (χ2n) is 8.18. The van der Waals surface area contributed by atoms with Gasteiger partial charge in [0.25, 0.3) is 0 Å². The summed E-state index contributed by atoms with van der Waals surface area (Å²) in [7, 11) is 0. The summed E-state index contributed by atoms with van der Waals surface area (Å²) in [6, 6.07) is 9.95. The first-order valence-corrected chi connectivity index (χ1v) is 11.8. The van der Waals surface area contributed by atoms with Crippen molar-refractivity contribution in [1.29, 1.82) is 0 Å². The van der Waals surface area contributed by atoms with Gasteiger partial charge in [0.2, 0.25) is 6.79 Å². The highest BCUT2D eigenvalue weighted by molar-refractivity contribution is 7.09. The van der Waals surface area contributed by atoms with E-state index in [0.29, 0.717) is 17.9 Å². The summed E-state index contributed by atoms with van der Waals surface area (Å²) < 4.78 is 10.8. The number of thiazole rings is 1. The second-order valence-corrected chi connectivity index (χ2v) is 9.13. The number of aryl methyl sites for hydroxylation is 3. The van der Waals surface area contributed by atoms with Crippen molar-refractivity contribution in [3.63, 3.8) is 0 Å². The first-order chi connectivity index (χ1) is 15.6. The molecule has 2 N–H and O–H groups in total. The van der Waals surface area contributed by atoms with Crippen molar-refractivity contribution in [2.24, 2.45) is 0 Å². The number of benzene rings is 1. The van der Waals surface area contributed by atoms with Crippen LogP contribution >= 0.6 is 11.3 Å². The number of nitrogens with zero attached hydrogens (tertiary/aromatic N) is 2. The van der Waals surface area contributed by atoms with E-state index in [2.05, 4.69) is 17.4 Å². The molecule has 2 aromatic heterocycles. The van der Waals surface area contributed by atoms with Gasteiger partial charge in [-0.15, -0.1) is 11.3 Å². The minimum Gasteiger partial charge on any atom is -0.481 e. The van der Waals surface area contributed by atoms with Gasteiger partial charge >= 0.3 is 5.97 Å². The van der Waals surface area contributed by atoms with Crippen LogP contribution in [0, 0.1) is 0 Å². The highest BCUT2D eigenvalue weighted by Gasteiger charge is 2.22. The molecule has 0 bridgehead atoms. The number of rotatable bonds is 8. The Morgan fingerprint density at radius 3 is 2.94 bits per heavy atom. The Morgan fingerprint density at radius 1 is 1.12 bits per heavy atom. The monoisotopic (exact) mass is 451 g/mol. The molecule has 0 unspecified atom stereocenters. The van der Waals surface area contributed by atoms with Crippen molar-refractivity contribution < 1.29 is 19.4 Å². The van der Waals surface area contributed by atoms with Crippen LogP contribution in [0.1, 0.15) is 46.3 Å². The highest BCUT2D eigenvalue weighted by atomic mass is 32.1. The fourth-order valence-corrected chi connectivity index (χ4v) is 5.05. The molecule has 5 rings (SSSR count). The van der Waals surface area contributed by atoms with Crippen molar-refractivity contribution in [2.75, 3.05) is 18.7 Å². The zero-order valence-electron chi connectivity index (χ0n) is 17.7. The molecular weight excluding hydrogens is 426 g/mol. The lowest BCUT2D eigenvalue weighted by atomic mass is 9.91.